The van der Waals surface area contributed by atoms with Crippen LogP contribution in [0.25, 0.3) is 22.4 Å². The van der Waals surface area contributed by atoms with Crippen LogP contribution in [0.15, 0.2) is 41.2 Å². The third-order valence-corrected chi connectivity index (χ3v) is 4.70. The molecule has 0 unspecified atom stereocenters. The van der Waals surface area contributed by atoms with E-state index in [4.69, 9.17) is 23.2 Å². The highest BCUT2D eigenvalue weighted by atomic mass is 35.5. The summed E-state index contributed by atoms with van der Waals surface area (Å²) in [5.74, 6) is -0.446. The third-order valence-electron chi connectivity index (χ3n) is 4.05. The average Bonchev–Trinajstić information content (AvgIpc) is 2.56. The van der Waals surface area contributed by atoms with E-state index in [0.29, 0.717) is 33.0 Å². The number of nitrogens with zero attached hydrogens (tertiary/aromatic N) is 2. The Morgan fingerprint density at radius 1 is 1.00 bits per heavy atom. The molecule has 3 rings (SSSR count). The predicted octanol–water partition coefficient (Wildman–Crippen LogP) is 5.18. The van der Waals surface area contributed by atoms with Crippen LogP contribution in [0.1, 0.15) is 11.1 Å². The standard InChI is InChI=1S/C19H15Cl2FN2O/c1-10-4-7-15(20)14(8-10)18-17(11(2)19(25)24(3)23-18)13-6-5-12(22)9-16(13)21/h4-9H,1-3H3. The highest BCUT2D eigenvalue weighted by Crippen LogP contribution is 2.38. The first-order chi connectivity index (χ1) is 11.8. The van der Waals surface area contributed by atoms with E-state index in [-0.39, 0.29) is 10.6 Å². The van der Waals surface area contributed by atoms with E-state index in [1.54, 1.807) is 26.1 Å². The van der Waals surface area contributed by atoms with Gasteiger partial charge >= 0.3 is 0 Å². The molecule has 0 bridgehead atoms. The lowest BCUT2D eigenvalue weighted by molar-refractivity contribution is 0.628. The molecule has 0 amide bonds. The molecule has 0 aliphatic rings. The zero-order valence-corrected chi connectivity index (χ0v) is 15.4. The Labute approximate surface area is 154 Å². The fourth-order valence-corrected chi connectivity index (χ4v) is 3.27. The lowest BCUT2D eigenvalue weighted by atomic mass is 9.95. The molecule has 0 aliphatic heterocycles. The maximum Gasteiger partial charge on any atom is 0.270 e. The van der Waals surface area contributed by atoms with Gasteiger partial charge in [-0.3, -0.25) is 4.79 Å². The first-order valence-corrected chi connectivity index (χ1v) is 8.35. The van der Waals surface area contributed by atoms with Gasteiger partial charge in [0.25, 0.3) is 5.56 Å². The SMILES string of the molecule is Cc1ccc(Cl)c(-c2nn(C)c(=O)c(C)c2-c2ccc(F)cc2Cl)c1. The lowest BCUT2D eigenvalue weighted by Crippen LogP contribution is -2.23. The van der Waals surface area contributed by atoms with Crippen LogP contribution >= 0.6 is 23.2 Å². The Hall–Kier alpha value is -2.17. The second-order valence-corrected chi connectivity index (χ2v) is 6.70. The predicted molar refractivity (Wildman–Crippen MR) is 99.8 cm³/mol. The first-order valence-electron chi connectivity index (χ1n) is 7.59. The summed E-state index contributed by atoms with van der Waals surface area (Å²) in [5, 5.41) is 5.13. The molecule has 3 aromatic rings. The molecule has 0 saturated carbocycles. The summed E-state index contributed by atoms with van der Waals surface area (Å²) in [4.78, 5) is 12.4. The highest BCUT2D eigenvalue weighted by Gasteiger charge is 2.20. The highest BCUT2D eigenvalue weighted by molar-refractivity contribution is 6.34. The van der Waals surface area contributed by atoms with Crippen molar-refractivity contribution in [1.82, 2.24) is 9.78 Å². The molecule has 0 N–H and O–H groups in total. The number of aromatic nitrogens is 2. The summed E-state index contributed by atoms with van der Waals surface area (Å²) in [7, 11) is 1.58. The van der Waals surface area contributed by atoms with Crippen LogP contribution in [0.5, 0.6) is 0 Å². The van der Waals surface area contributed by atoms with E-state index in [2.05, 4.69) is 5.10 Å². The van der Waals surface area contributed by atoms with Crippen LogP contribution in [0, 0.1) is 19.7 Å². The zero-order valence-electron chi connectivity index (χ0n) is 13.9. The summed E-state index contributed by atoms with van der Waals surface area (Å²) >= 11 is 12.6. The van der Waals surface area contributed by atoms with Crippen molar-refractivity contribution in [2.24, 2.45) is 7.05 Å². The Kier molecular flexibility index (Phi) is 4.67. The van der Waals surface area contributed by atoms with Crippen LogP contribution < -0.4 is 5.56 Å². The Balaban J connectivity index is 2.44. The van der Waals surface area contributed by atoms with Gasteiger partial charge in [0.2, 0.25) is 0 Å². The van der Waals surface area contributed by atoms with E-state index in [0.717, 1.165) is 5.56 Å². The van der Waals surface area contributed by atoms with Crippen molar-refractivity contribution < 1.29 is 4.39 Å². The Morgan fingerprint density at radius 2 is 1.72 bits per heavy atom. The second kappa shape index (κ2) is 6.62. The normalized spacial score (nSPS) is 11.0. The molecule has 2 aromatic carbocycles. The molecular weight excluding hydrogens is 362 g/mol. The van der Waals surface area contributed by atoms with Gasteiger partial charge in [-0.05, 0) is 44.2 Å². The van der Waals surface area contributed by atoms with Gasteiger partial charge in [-0.2, -0.15) is 5.10 Å². The van der Waals surface area contributed by atoms with Crippen molar-refractivity contribution in [3.8, 4) is 22.4 Å². The number of rotatable bonds is 2. The van der Waals surface area contributed by atoms with Crippen LogP contribution in [-0.2, 0) is 7.05 Å². The first kappa shape index (κ1) is 17.6. The van der Waals surface area contributed by atoms with Crippen LogP contribution in [-0.4, -0.2) is 9.78 Å². The fraction of sp³-hybridized carbons (Fsp3) is 0.158. The van der Waals surface area contributed by atoms with E-state index < -0.39 is 5.82 Å². The van der Waals surface area contributed by atoms with Crippen molar-refractivity contribution in [3.05, 3.63) is 73.7 Å². The number of hydrogen-bond acceptors (Lipinski definition) is 2. The van der Waals surface area contributed by atoms with Crippen LogP contribution in [0.2, 0.25) is 10.0 Å². The summed E-state index contributed by atoms with van der Waals surface area (Å²) < 4.78 is 14.7. The van der Waals surface area contributed by atoms with E-state index in [1.165, 1.54) is 16.8 Å². The quantitative estimate of drug-likeness (QED) is 0.617. The molecule has 0 spiro atoms. The van der Waals surface area contributed by atoms with Gasteiger partial charge in [0.15, 0.2) is 0 Å². The molecule has 3 nitrogen and oxygen atoms in total. The van der Waals surface area contributed by atoms with E-state index in [9.17, 15) is 9.18 Å². The van der Waals surface area contributed by atoms with Gasteiger partial charge < -0.3 is 0 Å². The topological polar surface area (TPSA) is 34.9 Å². The number of hydrogen-bond donors (Lipinski definition) is 0. The summed E-state index contributed by atoms with van der Waals surface area (Å²) in [6.45, 7) is 3.64. The average molecular weight is 377 g/mol. The van der Waals surface area contributed by atoms with Gasteiger partial charge in [0.1, 0.15) is 11.5 Å². The van der Waals surface area contributed by atoms with Crippen molar-refractivity contribution >= 4 is 23.2 Å². The van der Waals surface area contributed by atoms with E-state index >= 15 is 0 Å². The third kappa shape index (κ3) is 3.20. The number of halogens is 3. The minimum absolute atomic E-state index is 0.211. The number of benzene rings is 2. The fourth-order valence-electron chi connectivity index (χ4n) is 2.80. The molecule has 1 heterocycles. The van der Waals surface area contributed by atoms with Gasteiger partial charge in [0, 0.05) is 29.3 Å². The largest absolute Gasteiger partial charge is 0.270 e. The molecule has 25 heavy (non-hydrogen) atoms. The number of aryl methyl sites for hydroxylation is 2. The molecule has 6 heteroatoms. The monoisotopic (exact) mass is 376 g/mol. The molecule has 128 valence electrons. The molecule has 0 saturated heterocycles. The molecule has 0 aliphatic carbocycles. The maximum absolute atomic E-state index is 13.5. The van der Waals surface area contributed by atoms with Crippen molar-refractivity contribution in [3.63, 3.8) is 0 Å². The molecular formula is C19H15Cl2FN2O. The van der Waals surface area contributed by atoms with Gasteiger partial charge in [-0.25, -0.2) is 9.07 Å². The molecule has 0 fully saturated rings. The minimum atomic E-state index is -0.446. The van der Waals surface area contributed by atoms with Gasteiger partial charge in [-0.15, -0.1) is 0 Å². The maximum atomic E-state index is 13.5. The van der Waals surface area contributed by atoms with Crippen LogP contribution in [0.4, 0.5) is 4.39 Å². The van der Waals surface area contributed by atoms with Crippen molar-refractivity contribution in [2.45, 2.75) is 13.8 Å². The smallest absolute Gasteiger partial charge is 0.268 e. The lowest BCUT2D eigenvalue weighted by Gasteiger charge is -2.16. The molecule has 0 atom stereocenters. The Morgan fingerprint density at radius 3 is 2.40 bits per heavy atom. The summed E-state index contributed by atoms with van der Waals surface area (Å²) in [6, 6.07) is 9.65. The van der Waals surface area contributed by atoms with Gasteiger partial charge in [0.05, 0.1) is 10.0 Å². The van der Waals surface area contributed by atoms with Crippen molar-refractivity contribution in [2.75, 3.05) is 0 Å². The van der Waals surface area contributed by atoms with Gasteiger partial charge in [-0.1, -0.05) is 34.8 Å². The minimum Gasteiger partial charge on any atom is -0.268 e. The van der Waals surface area contributed by atoms with E-state index in [1.807, 2.05) is 19.1 Å². The molecule has 1 aromatic heterocycles. The summed E-state index contributed by atoms with van der Waals surface area (Å²) in [5.41, 5.74) is 3.54. The van der Waals surface area contributed by atoms with Crippen molar-refractivity contribution in [1.29, 1.82) is 0 Å². The second-order valence-electron chi connectivity index (χ2n) is 5.88. The Bertz CT molecular complexity index is 1040. The van der Waals surface area contributed by atoms with Crippen LogP contribution in [0.3, 0.4) is 0 Å². The summed E-state index contributed by atoms with van der Waals surface area (Å²) in [6.07, 6.45) is 0. The zero-order chi connectivity index (χ0) is 18.3. The molecule has 0 radical (unpaired) electrons.